The number of rotatable bonds is 8. The molecule has 0 aliphatic rings. The fraction of sp³-hybridized carbons (Fsp3) is 0.474. The zero-order valence-corrected chi connectivity index (χ0v) is 19.7. The summed E-state index contributed by atoms with van der Waals surface area (Å²) in [7, 11) is 0. The van der Waals surface area contributed by atoms with Crippen LogP contribution in [0.5, 0.6) is 5.75 Å². The second-order valence-corrected chi connectivity index (χ2v) is 7.46. The minimum Gasteiger partial charge on any atom is -0.484 e. The number of benzene rings is 1. The van der Waals surface area contributed by atoms with E-state index in [0.717, 1.165) is 22.7 Å². The maximum absolute atomic E-state index is 12.3. The van der Waals surface area contributed by atoms with Gasteiger partial charge in [0.15, 0.2) is 12.6 Å². The Morgan fingerprint density at radius 1 is 1.24 bits per heavy atom. The number of aliphatic imine (C=N–C) groups is 1. The van der Waals surface area contributed by atoms with Gasteiger partial charge < -0.3 is 15.4 Å². The third-order valence-electron chi connectivity index (χ3n) is 3.77. The third kappa shape index (κ3) is 9.66. The molecule has 2 N–H and O–H groups in total. The van der Waals surface area contributed by atoms with Crippen LogP contribution in [0.2, 0.25) is 0 Å². The van der Waals surface area contributed by atoms with E-state index in [1.807, 2.05) is 13.8 Å². The highest BCUT2D eigenvalue weighted by molar-refractivity contribution is 14.0. The molecule has 0 unspecified atom stereocenters. The molecule has 0 spiro atoms. The van der Waals surface area contributed by atoms with Crippen LogP contribution in [0, 0.1) is 13.8 Å². The molecule has 0 saturated carbocycles. The molecular formula is C19H26F3IN4OS. The number of halogens is 4. The summed E-state index contributed by atoms with van der Waals surface area (Å²) in [4.78, 5) is 10.2. The fourth-order valence-corrected chi connectivity index (χ4v) is 3.28. The second-order valence-electron chi connectivity index (χ2n) is 6.17. The first-order valence-electron chi connectivity index (χ1n) is 9.00. The molecule has 2 aromatic rings. The van der Waals surface area contributed by atoms with Gasteiger partial charge >= 0.3 is 6.18 Å². The Hall–Kier alpha value is -1.56. The van der Waals surface area contributed by atoms with Crippen molar-refractivity contribution in [3.8, 4) is 5.75 Å². The fourth-order valence-electron chi connectivity index (χ4n) is 2.34. The van der Waals surface area contributed by atoms with E-state index in [1.54, 1.807) is 29.5 Å². The summed E-state index contributed by atoms with van der Waals surface area (Å²) < 4.78 is 41.6. The number of aryl methyl sites for hydroxylation is 2. The quantitative estimate of drug-likeness (QED) is 0.291. The SMILES string of the molecule is CCNC(=NCc1cccc(OCC(F)(F)F)c1)NCCc1nc(C)c(C)s1.I. The molecule has 1 aromatic heterocycles. The van der Waals surface area contributed by atoms with E-state index >= 15 is 0 Å². The number of ether oxygens (including phenoxy) is 1. The van der Waals surface area contributed by atoms with Crippen molar-refractivity contribution >= 4 is 41.3 Å². The number of hydrogen-bond donors (Lipinski definition) is 2. The van der Waals surface area contributed by atoms with Gasteiger partial charge in [0.05, 0.1) is 17.2 Å². The summed E-state index contributed by atoms with van der Waals surface area (Å²) in [6.45, 7) is 6.44. The lowest BCUT2D eigenvalue weighted by Gasteiger charge is -2.12. The maximum Gasteiger partial charge on any atom is 0.422 e. The van der Waals surface area contributed by atoms with E-state index in [4.69, 9.17) is 4.74 Å². The first-order valence-corrected chi connectivity index (χ1v) is 9.82. The topological polar surface area (TPSA) is 58.5 Å². The van der Waals surface area contributed by atoms with E-state index in [2.05, 4.69) is 27.5 Å². The molecule has 0 bridgehead atoms. The van der Waals surface area contributed by atoms with Gasteiger partial charge in [-0.05, 0) is 38.5 Å². The number of thiazole rings is 1. The molecule has 0 radical (unpaired) electrons. The van der Waals surface area contributed by atoms with Crippen molar-refractivity contribution in [1.29, 1.82) is 0 Å². The highest BCUT2D eigenvalue weighted by Gasteiger charge is 2.28. The van der Waals surface area contributed by atoms with Gasteiger partial charge in [-0.3, -0.25) is 0 Å². The normalized spacial score (nSPS) is 11.7. The minimum atomic E-state index is -4.36. The van der Waals surface area contributed by atoms with E-state index in [-0.39, 0.29) is 29.7 Å². The summed E-state index contributed by atoms with van der Waals surface area (Å²) in [6.07, 6.45) is -3.56. The molecule has 5 nitrogen and oxygen atoms in total. The largest absolute Gasteiger partial charge is 0.484 e. The number of aromatic nitrogens is 1. The smallest absolute Gasteiger partial charge is 0.422 e. The van der Waals surface area contributed by atoms with E-state index in [9.17, 15) is 13.2 Å². The van der Waals surface area contributed by atoms with Gasteiger partial charge in [-0.2, -0.15) is 13.2 Å². The van der Waals surface area contributed by atoms with Crippen molar-refractivity contribution in [2.75, 3.05) is 19.7 Å². The lowest BCUT2D eigenvalue weighted by Crippen LogP contribution is -2.38. The zero-order chi connectivity index (χ0) is 20.6. The van der Waals surface area contributed by atoms with Gasteiger partial charge in [-0.15, -0.1) is 35.3 Å². The Morgan fingerprint density at radius 3 is 2.62 bits per heavy atom. The molecule has 0 atom stereocenters. The van der Waals surface area contributed by atoms with Crippen LogP contribution in [-0.2, 0) is 13.0 Å². The molecular weight excluding hydrogens is 516 g/mol. The van der Waals surface area contributed by atoms with Crippen molar-refractivity contribution in [1.82, 2.24) is 15.6 Å². The Labute approximate surface area is 190 Å². The van der Waals surface area contributed by atoms with Crippen LogP contribution in [0.25, 0.3) is 0 Å². The monoisotopic (exact) mass is 542 g/mol. The van der Waals surface area contributed by atoms with Crippen molar-refractivity contribution in [2.45, 2.75) is 39.9 Å². The van der Waals surface area contributed by atoms with Crippen LogP contribution < -0.4 is 15.4 Å². The van der Waals surface area contributed by atoms with Crippen molar-refractivity contribution < 1.29 is 17.9 Å². The molecule has 1 heterocycles. The predicted octanol–water partition coefficient (Wildman–Crippen LogP) is 4.62. The summed E-state index contributed by atoms with van der Waals surface area (Å²) in [5.74, 6) is 0.826. The Bertz CT molecular complexity index is 777. The molecule has 0 saturated heterocycles. The van der Waals surface area contributed by atoms with Crippen LogP contribution in [0.3, 0.4) is 0 Å². The molecule has 0 amide bonds. The number of hydrogen-bond acceptors (Lipinski definition) is 4. The molecule has 1 aromatic carbocycles. The lowest BCUT2D eigenvalue weighted by molar-refractivity contribution is -0.153. The second kappa shape index (κ2) is 12.2. The van der Waals surface area contributed by atoms with Crippen LogP contribution >= 0.6 is 35.3 Å². The van der Waals surface area contributed by atoms with Gasteiger partial charge in [0.1, 0.15) is 5.75 Å². The average Bonchev–Trinajstić information content (AvgIpc) is 2.95. The Balaban J connectivity index is 0.00000420. The third-order valence-corrected chi connectivity index (χ3v) is 4.90. The highest BCUT2D eigenvalue weighted by atomic mass is 127. The highest BCUT2D eigenvalue weighted by Crippen LogP contribution is 2.20. The summed E-state index contributed by atoms with van der Waals surface area (Å²) in [6, 6.07) is 6.53. The zero-order valence-electron chi connectivity index (χ0n) is 16.6. The number of guanidine groups is 1. The van der Waals surface area contributed by atoms with Gasteiger partial charge in [0.2, 0.25) is 0 Å². The van der Waals surface area contributed by atoms with Crippen LogP contribution in [-0.4, -0.2) is 36.8 Å². The maximum atomic E-state index is 12.3. The summed E-state index contributed by atoms with van der Waals surface area (Å²) in [5, 5.41) is 7.49. The van der Waals surface area contributed by atoms with E-state index < -0.39 is 12.8 Å². The Kier molecular flexibility index (Phi) is 10.7. The number of alkyl halides is 3. The Morgan fingerprint density at radius 2 is 2.00 bits per heavy atom. The van der Waals surface area contributed by atoms with Crippen LogP contribution in [0.1, 0.15) is 28.1 Å². The molecule has 29 heavy (non-hydrogen) atoms. The van der Waals surface area contributed by atoms with Crippen LogP contribution in [0.15, 0.2) is 29.3 Å². The molecule has 10 heteroatoms. The molecule has 0 aliphatic carbocycles. The summed E-state index contributed by atoms with van der Waals surface area (Å²) in [5.41, 5.74) is 1.83. The molecule has 162 valence electrons. The van der Waals surface area contributed by atoms with Gasteiger partial charge in [0.25, 0.3) is 0 Å². The molecule has 0 aliphatic heterocycles. The van der Waals surface area contributed by atoms with Crippen LogP contribution in [0.4, 0.5) is 13.2 Å². The number of nitrogens with zero attached hydrogens (tertiary/aromatic N) is 2. The molecule has 2 rings (SSSR count). The summed E-state index contributed by atoms with van der Waals surface area (Å²) >= 11 is 1.69. The van der Waals surface area contributed by atoms with E-state index in [0.29, 0.717) is 25.6 Å². The number of nitrogens with one attached hydrogen (secondary N) is 2. The first kappa shape index (κ1) is 25.5. The van der Waals surface area contributed by atoms with Gasteiger partial charge in [0, 0.05) is 24.4 Å². The molecule has 0 fully saturated rings. The average molecular weight is 542 g/mol. The predicted molar refractivity (Wildman–Crippen MR) is 122 cm³/mol. The van der Waals surface area contributed by atoms with Crippen molar-refractivity contribution in [3.05, 3.63) is 45.4 Å². The van der Waals surface area contributed by atoms with E-state index in [1.165, 1.54) is 10.9 Å². The van der Waals surface area contributed by atoms with Gasteiger partial charge in [-0.1, -0.05) is 12.1 Å². The van der Waals surface area contributed by atoms with Crippen molar-refractivity contribution in [2.24, 2.45) is 4.99 Å². The first-order chi connectivity index (χ1) is 13.3. The van der Waals surface area contributed by atoms with Gasteiger partial charge in [-0.25, -0.2) is 9.98 Å². The lowest BCUT2D eigenvalue weighted by atomic mass is 10.2. The minimum absolute atomic E-state index is 0. The van der Waals surface area contributed by atoms with Crippen molar-refractivity contribution in [3.63, 3.8) is 0 Å². The standard InChI is InChI=1S/C19H25F3N4OS.HI/c1-4-23-18(24-9-8-17-26-13(2)14(3)28-17)25-11-15-6-5-7-16(10-15)27-12-19(20,21)22;/h5-7,10H,4,8-9,11-12H2,1-3H3,(H2,23,24,25);1H.